The lowest BCUT2D eigenvalue weighted by molar-refractivity contribution is 0.435. The van der Waals surface area contributed by atoms with Crippen molar-refractivity contribution in [1.82, 2.24) is 9.97 Å². The van der Waals surface area contributed by atoms with Crippen molar-refractivity contribution in [2.24, 2.45) is 5.92 Å². The second-order valence-corrected chi connectivity index (χ2v) is 5.30. The van der Waals surface area contributed by atoms with Crippen LogP contribution in [0.1, 0.15) is 44.7 Å². The molecule has 100 valence electrons. The molecule has 0 bridgehead atoms. The number of hydrogen-bond donors (Lipinski definition) is 1. The fraction of sp³-hybridized carbons (Fsp3) is 0.714. The monoisotopic (exact) mass is 248 g/mol. The lowest BCUT2D eigenvalue weighted by Gasteiger charge is -2.22. The smallest absolute Gasteiger partial charge is 0.222 e. The Morgan fingerprint density at radius 2 is 2.17 bits per heavy atom. The van der Waals surface area contributed by atoms with E-state index in [0.717, 1.165) is 30.5 Å². The average molecular weight is 248 g/mol. The molecule has 0 aromatic carbocycles. The summed E-state index contributed by atoms with van der Waals surface area (Å²) >= 11 is 0. The van der Waals surface area contributed by atoms with E-state index in [4.69, 9.17) is 5.73 Å². The van der Waals surface area contributed by atoms with E-state index in [2.05, 4.69) is 21.8 Å². The van der Waals surface area contributed by atoms with E-state index < -0.39 is 0 Å². The highest BCUT2D eigenvalue weighted by molar-refractivity contribution is 5.43. The van der Waals surface area contributed by atoms with Crippen molar-refractivity contribution in [1.29, 1.82) is 0 Å². The van der Waals surface area contributed by atoms with Crippen molar-refractivity contribution < 1.29 is 0 Å². The molecule has 1 aliphatic rings. The van der Waals surface area contributed by atoms with Gasteiger partial charge in [-0.15, -0.1) is 0 Å². The van der Waals surface area contributed by atoms with Gasteiger partial charge < -0.3 is 10.6 Å². The van der Waals surface area contributed by atoms with Gasteiger partial charge in [0.1, 0.15) is 5.82 Å². The molecule has 1 saturated heterocycles. The highest BCUT2D eigenvalue weighted by atomic mass is 15.2. The number of nitrogen functional groups attached to an aromatic ring is 1. The van der Waals surface area contributed by atoms with Gasteiger partial charge in [-0.2, -0.15) is 4.98 Å². The first-order chi connectivity index (χ1) is 8.69. The number of rotatable bonds is 3. The Kier molecular flexibility index (Phi) is 4.39. The molecule has 1 aliphatic heterocycles. The molecule has 1 aromatic rings. The van der Waals surface area contributed by atoms with Crippen LogP contribution in [0.3, 0.4) is 0 Å². The van der Waals surface area contributed by atoms with Crippen molar-refractivity contribution in [2.45, 2.75) is 46.0 Å². The normalized spacial score (nSPS) is 20.8. The molecule has 2 heterocycles. The molecule has 18 heavy (non-hydrogen) atoms. The molecule has 1 aromatic heterocycles. The first-order valence-electron chi connectivity index (χ1n) is 7.05. The Bertz CT molecular complexity index is 371. The van der Waals surface area contributed by atoms with E-state index in [1.165, 1.54) is 32.1 Å². The molecule has 0 aliphatic carbocycles. The Morgan fingerprint density at radius 3 is 2.89 bits per heavy atom. The minimum atomic E-state index is 0.388. The minimum absolute atomic E-state index is 0.388. The van der Waals surface area contributed by atoms with Crippen LogP contribution >= 0.6 is 0 Å². The molecular formula is C14H24N4. The summed E-state index contributed by atoms with van der Waals surface area (Å²) in [5.41, 5.74) is 6.68. The maximum atomic E-state index is 5.73. The summed E-state index contributed by atoms with van der Waals surface area (Å²) in [4.78, 5) is 10.9. The van der Waals surface area contributed by atoms with Gasteiger partial charge >= 0.3 is 0 Å². The fourth-order valence-electron chi connectivity index (χ4n) is 2.83. The van der Waals surface area contributed by atoms with Gasteiger partial charge in [-0.3, -0.25) is 0 Å². The van der Waals surface area contributed by atoms with E-state index in [9.17, 15) is 0 Å². The van der Waals surface area contributed by atoms with Crippen LogP contribution in [0, 0.1) is 12.8 Å². The van der Waals surface area contributed by atoms with E-state index in [-0.39, 0.29) is 0 Å². The molecule has 0 saturated carbocycles. The maximum absolute atomic E-state index is 5.73. The van der Waals surface area contributed by atoms with Crippen molar-refractivity contribution >= 4 is 11.8 Å². The van der Waals surface area contributed by atoms with Gasteiger partial charge in [-0.05, 0) is 32.1 Å². The summed E-state index contributed by atoms with van der Waals surface area (Å²) < 4.78 is 0. The first kappa shape index (κ1) is 13.1. The van der Waals surface area contributed by atoms with Gasteiger partial charge in [0.25, 0.3) is 0 Å². The van der Waals surface area contributed by atoms with Gasteiger partial charge in [0.2, 0.25) is 5.95 Å². The van der Waals surface area contributed by atoms with Crippen molar-refractivity contribution in [2.75, 3.05) is 23.7 Å². The van der Waals surface area contributed by atoms with Gasteiger partial charge in [0.15, 0.2) is 0 Å². The number of aromatic nitrogens is 2. The zero-order chi connectivity index (χ0) is 13.0. The minimum Gasteiger partial charge on any atom is -0.368 e. The van der Waals surface area contributed by atoms with Crippen LogP contribution in [0.5, 0.6) is 0 Å². The Hall–Kier alpha value is -1.32. The number of anilines is 2. The van der Waals surface area contributed by atoms with Crippen LogP contribution in [0.15, 0.2) is 6.07 Å². The molecule has 0 radical (unpaired) electrons. The Labute approximate surface area is 110 Å². The van der Waals surface area contributed by atoms with Crippen LogP contribution in [-0.2, 0) is 0 Å². The zero-order valence-corrected chi connectivity index (χ0v) is 11.5. The number of hydrogen-bond acceptors (Lipinski definition) is 4. The summed E-state index contributed by atoms with van der Waals surface area (Å²) in [5, 5.41) is 0. The van der Waals surface area contributed by atoms with Crippen molar-refractivity contribution in [3.05, 3.63) is 11.8 Å². The van der Waals surface area contributed by atoms with E-state index >= 15 is 0 Å². The second kappa shape index (κ2) is 6.03. The molecule has 4 nitrogen and oxygen atoms in total. The Morgan fingerprint density at radius 1 is 1.33 bits per heavy atom. The Balaban J connectivity index is 2.05. The molecule has 0 amide bonds. The number of nitrogens with two attached hydrogens (primary N) is 1. The third-order valence-electron chi connectivity index (χ3n) is 3.73. The largest absolute Gasteiger partial charge is 0.368 e. The van der Waals surface area contributed by atoms with Crippen LogP contribution < -0.4 is 10.6 Å². The van der Waals surface area contributed by atoms with Gasteiger partial charge in [0.05, 0.1) is 0 Å². The van der Waals surface area contributed by atoms with Crippen LogP contribution in [0.2, 0.25) is 0 Å². The summed E-state index contributed by atoms with van der Waals surface area (Å²) in [6.45, 7) is 6.44. The first-order valence-corrected chi connectivity index (χ1v) is 7.05. The molecule has 1 unspecified atom stereocenters. The highest BCUT2D eigenvalue weighted by Crippen LogP contribution is 2.24. The second-order valence-electron chi connectivity index (χ2n) is 5.30. The maximum Gasteiger partial charge on any atom is 0.222 e. The van der Waals surface area contributed by atoms with E-state index in [0.29, 0.717) is 5.95 Å². The van der Waals surface area contributed by atoms with E-state index in [1.807, 2.05) is 13.0 Å². The molecule has 1 atom stereocenters. The predicted octanol–water partition coefficient (Wildman–Crippen LogP) is 2.77. The van der Waals surface area contributed by atoms with Crippen molar-refractivity contribution in [3.63, 3.8) is 0 Å². The summed E-state index contributed by atoms with van der Waals surface area (Å²) in [7, 11) is 0. The molecular weight excluding hydrogens is 224 g/mol. The number of nitrogens with zero attached hydrogens (tertiary/aromatic N) is 3. The molecule has 4 heteroatoms. The predicted molar refractivity (Wildman–Crippen MR) is 75.6 cm³/mol. The topological polar surface area (TPSA) is 55.0 Å². The van der Waals surface area contributed by atoms with Gasteiger partial charge in [-0.1, -0.05) is 19.8 Å². The summed E-state index contributed by atoms with van der Waals surface area (Å²) in [5.74, 6) is 2.27. The van der Waals surface area contributed by atoms with Crippen molar-refractivity contribution in [3.8, 4) is 0 Å². The zero-order valence-electron chi connectivity index (χ0n) is 11.5. The summed E-state index contributed by atoms with van der Waals surface area (Å²) in [6, 6.07) is 2.04. The lowest BCUT2D eigenvalue weighted by Crippen LogP contribution is -2.25. The number of aryl methyl sites for hydroxylation is 1. The third kappa shape index (κ3) is 3.34. The third-order valence-corrected chi connectivity index (χ3v) is 3.73. The highest BCUT2D eigenvalue weighted by Gasteiger charge is 2.17. The lowest BCUT2D eigenvalue weighted by atomic mass is 9.96. The fourth-order valence-corrected chi connectivity index (χ4v) is 2.83. The van der Waals surface area contributed by atoms with Crippen LogP contribution in [0.4, 0.5) is 11.8 Å². The van der Waals surface area contributed by atoms with Gasteiger partial charge in [-0.25, -0.2) is 4.98 Å². The SMILES string of the molecule is CCCC1CCCN(c2cc(C)nc(N)n2)CC1. The molecule has 2 rings (SSSR count). The average Bonchev–Trinajstić information content (AvgIpc) is 2.54. The molecule has 0 spiro atoms. The quantitative estimate of drug-likeness (QED) is 0.893. The molecule has 1 fully saturated rings. The van der Waals surface area contributed by atoms with Crippen LogP contribution in [-0.4, -0.2) is 23.1 Å². The standard InChI is InChI=1S/C14H24N4/c1-3-5-12-6-4-8-18(9-7-12)13-10-11(2)16-14(15)17-13/h10,12H,3-9H2,1-2H3,(H2,15,16,17). The van der Waals surface area contributed by atoms with Gasteiger partial charge in [0, 0.05) is 24.8 Å². The molecule has 2 N–H and O–H groups in total. The van der Waals surface area contributed by atoms with Crippen LogP contribution in [0.25, 0.3) is 0 Å². The summed E-state index contributed by atoms with van der Waals surface area (Å²) in [6.07, 6.45) is 6.54. The van der Waals surface area contributed by atoms with E-state index in [1.54, 1.807) is 0 Å².